The number of rotatable bonds is 7. The van der Waals surface area contributed by atoms with Crippen molar-refractivity contribution in [2.75, 3.05) is 39.8 Å². The fourth-order valence-electron chi connectivity index (χ4n) is 0.880. The van der Waals surface area contributed by atoms with Crippen molar-refractivity contribution in [2.24, 2.45) is 0 Å². The monoisotopic (exact) mass is 187 g/mol. The Morgan fingerprint density at radius 1 is 1.31 bits per heavy atom. The highest BCUT2D eigenvalue weighted by atomic mass is 16.1. The Morgan fingerprint density at radius 3 is 2.54 bits per heavy atom. The van der Waals surface area contributed by atoms with Crippen molar-refractivity contribution in [1.82, 2.24) is 15.5 Å². The van der Waals surface area contributed by atoms with Gasteiger partial charge in [0, 0.05) is 33.1 Å². The number of hydrogen-bond acceptors (Lipinski definition) is 3. The fraction of sp³-hybridized carbons (Fsp3) is 0.889. The normalized spacial score (nSPS) is 10.5. The molecule has 1 amide bonds. The molecular weight excluding hydrogens is 166 g/mol. The second kappa shape index (κ2) is 8.01. The van der Waals surface area contributed by atoms with Crippen LogP contribution in [-0.4, -0.2) is 50.6 Å². The predicted molar refractivity (Wildman–Crippen MR) is 54.7 cm³/mol. The minimum absolute atomic E-state index is 0.0347. The Kier molecular flexibility index (Phi) is 7.63. The predicted octanol–water partition coefficient (Wildman–Crippen LogP) is -0.336. The first kappa shape index (κ1) is 12.4. The lowest BCUT2D eigenvalue weighted by atomic mass is 10.5. The van der Waals surface area contributed by atoms with E-state index in [0.29, 0.717) is 6.54 Å². The van der Waals surface area contributed by atoms with Gasteiger partial charge in [-0.15, -0.1) is 0 Å². The van der Waals surface area contributed by atoms with E-state index in [2.05, 4.69) is 29.5 Å². The average molecular weight is 187 g/mol. The van der Waals surface area contributed by atoms with Crippen LogP contribution in [0.25, 0.3) is 0 Å². The summed E-state index contributed by atoms with van der Waals surface area (Å²) in [7, 11) is 2.09. The summed E-state index contributed by atoms with van der Waals surface area (Å²) in [5, 5.41) is 5.98. The van der Waals surface area contributed by atoms with Crippen LogP contribution < -0.4 is 10.6 Å². The van der Waals surface area contributed by atoms with Crippen molar-refractivity contribution in [3.63, 3.8) is 0 Å². The van der Waals surface area contributed by atoms with Gasteiger partial charge in [-0.05, 0) is 13.6 Å². The van der Waals surface area contributed by atoms with Gasteiger partial charge in [-0.25, -0.2) is 0 Å². The Bertz CT molecular complexity index is 139. The third kappa shape index (κ3) is 9.30. The van der Waals surface area contributed by atoms with E-state index >= 15 is 0 Å². The van der Waals surface area contributed by atoms with Crippen LogP contribution in [0, 0.1) is 0 Å². The molecule has 0 aliphatic heterocycles. The maximum absolute atomic E-state index is 10.5. The summed E-state index contributed by atoms with van der Waals surface area (Å²) in [4.78, 5) is 12.7. The van der Waals surface area contributed by atoms with Gasteiger partial charge in [0.2, 0.25) is 5.91 Å². The van der Waals surface area contributed by atoms with E-state index in [-0.39, 0.29) is 5.91 Å². The molecule has 0 atom stereocenters. The number of nitrogens with zero attached hydrogens (tertiary/aromatic N) is 1. The molecule has 0 aromatic carbocycles. The van der Waals surface area contributed by atoms with Crippen LogP contribution >= 0.6 is 0 Å². The molecule has 0 saturated heterocycles. The average Bonchev–Trinajstić information content (AvgIpc) is 2.10. The zero-order valence-corrected chi connectivity index (χ0v) is 8.89. The third-order valence-electron chi connectivity index (χ3n) is 1.89. The van der Waals surface area contributed by atoms with Crippen LogP contribution in [-0.2, 0) is 4.79 Å². The SMILES string of the molecule is CCN(C)CCNCCNC(C)=O. The highest BCUT2D eigenvalue weighted by Gasteiger charge is 1.93. The quantitative estimate of drug-likeness (QED) is 0.536. The Hall–Kier alpha value is -0.610. The molecule has 0 radical (unpaired) electrons. The number of nitrogens with one attached hydrogen (secondary N) is 2. The summed E-state index contributed by atoms with van der Waals surface area (Å²) in [5.41, 5.74) is 0. The smallest absolute Gasteiger partial charge is 0.216 e. The molecule has 13 heavy (non-hydrogen) atoms. The van der Waals surface area contributed by atoms with Crippen LogP contribution in [0.3, 0.4) is 0 Å². The lowest BCUT2D eigenvalue weighted by Gasteiger charge is -2.13. The summed E-state index contributed by atoms with van der Waals surface area (Å²) in [6.45, 7) is 8.33. The molecule has 0 aliphatic rings. The number of carbonyl (C=O) groups excluding carboxylic acids is 1. The highest BCUT2D eigenvalue weighted by Crippen LogP contribution is 1.76. The van der Waals surface area contributed by atoms with E-state index < -0.39 is 0 Å². The molecule has 0 aromatic rings. The Balaban J connectivity index is 3.04. The minimum atomic E-state index is 0.0347. The maximum atomic E-state index is 10.5. The highest BCUT2D eigenvalue weighted by molar-refractivity contribution is 5.72. The summed E-state index contributed by atoms with van der Waals surface area (Å²) in [5.74, 6) is 0.0347. The van der Waals surface area contributed by atoms with Crippen molar-refractivity contribution in [3.8, 4) is 0 Å². The molecule has 2 N–H and O–H groups in total. The molecule has 0 aromatic heterocycles. The first-order chi connectivity index (χ1) is 6.16. The second-order valence-corrected chi connectivity index (χ2v) is 3.13. The second-order valence-electron chi connectivity index (χ2n) is 3.13. The van der Waals surface area contributed by atoms with E-state index in [1.807, 2.05) is 0 Å². The van der Waals surface area contributed by atoms with Crippen LogP contribution in [0.4, 0.5) is 0 Å². The van der Waals surface area contributed by atoms with Crippen molar-refractivity contribution >= 4 is 5.91 Å². The number of amides is 1. The standard InChI is InChI=1S/C9H21N3O/c1-4-12(3)8-7-10-5-6-11-9(2)13/h10H,4-8H2,1-3H3,(H,11,13). The molecule has 0 unspecified atom stereocenters. The van der Waals surface area contributed by atoms with Crippen molar-refractivity contribution in [3.05, 3.63) is 0 Å². The van der Waals surface area contributed by atoms with Gasteiger partial charge in [-0.2, -0.15) is 0 Å². The van der Waals surface area contributed by atoms with Crippen LogP contribution in [0.5, 0.6) is 0 Å². The topological polar surface area (TPSA) is 44.4 Å². The summed E-state index contributed by atoms with van der Waals surface area (Å²) < 4.78 is 0. The van der Waals surface area contributed by atoms with E-state index in [0.717, 1.165) is 26.2 Å². The summed E-state index contributed by atoms with van der Waals surface area (Å²) in [6.07, 6.45) is 0. The van der Waals surface area contributed by atoms with Gasteiger partial charge in [0.25, 0.3) is 0 Å². The molecule has 0 saturated carbocycles. The zero-order chi connectivity index (χ0) is 10.1. The lowest BCUT2D eigenvalue weighted by Crippen LogP contribution is -2.34. The van der Waals surface area contributed by atoms with Gasteiger partial charge >= 0.3 is 0 Å². The minimum Gasteiger partial charge on any atom is -0.355 e. The van der Waals surface area contributed by atoms with Gasteiger partial charge in [-0.3, -0.25) is 4.79 Å². The van der Waals surface area contributed by atoms with E-state index in [9.17, 15) is 4.79 Å². The van der Waals surface area contributed by atoms with Gasteiger partial charge in [-0.1, -0.05) is 6.92 Å². The van der Waals surface area contributed by atoms with Crippen molar-refractivity contribution in [2.45, 2.75) is 13.8 Å². The number of hydrogen-bond donors (Lipinski definition) is 2. The third-order valence-corrected chi connectivity index (χ3v) is 1.89. The van der Waals surface area contributed by atoms with Crippen LogP contribution in [0.2, 0.25) is 0 Å². The Morgan fingerprint density at radius 2 is 2.00 bits per heavy atom. The number of carbonyl (C=O) groups is 1. The van der Waals surface area contributed by atoms with Gasteiger partial charge in [0.05, 0.1) is 0 Å². The van der Waals surface area contributed by atoms with E-state index in [4.69, 9.17) is 0 Å². The van der Waals surface area contributed by atoms with E-state index in [1.54, 1.807) is 0 Å². The Labute approximate surface area is 80.7 Å². The molecule has 4 heteroatoms. The number of likely N-dealkylation sites (N-methyl/N-ethyl adjacent to an activating group) is 1. The van der Waals surface area contributed by atoms with E-state index in [1.165, 1.54) is 6.92 Å². The molecular formula is C9H21N3O. The summed E-state index contributed by atoms with van der Waals surface area (Å²) >= 11 is 0. The molecule has 0 rings (SSSR count). The fourth-order valence-corrected chi connectivity index (χ4v) is 0.880. The molecule has 78 valence electrons. The van der Waals surface area contributed by atoms with Crippen molar-refractivity contribution < 1.29 is 4.79 Å². The van der Waals surface area contributed by atoms with Gasteiger partial charge in [0.1, 0.15) is 0 Å². The molecule has 4 nitrogen and oxygen atoms in total. The molecule has 0 spiro atoms. The first-order valence-corrected chi connectivity index (χ1v) is 4.80. The maximum Gasteiger partial charge on any atom is 0.216 e. The summed E-state index contributed by atoms with van der Waals surface area (Å²) in [6, 6.07) is 0. The van der Waals surface area contributed by atoms with Gasteiger partial charge in [0.15, 0.2) is 0 Å². The molecule has 0 heterocycles. The molecule has 0 aliphatic carbocycles. The zero-order valence-electron chi connectivity index (χ0n) is 8.89. The van der Waals surface area contributed by atoms with Gasteiger partial charge < -0.3 is 15.5 Å². The largest absolute Gasteiger partial charge is 0.355 e. The lowest BCUT2D eigenvalue weighted by molar-refractivity contribution is -0.118. The molecule has 0 bridgehead atoms. The van der Waals surface area contributed by atoms with Crippen LogP contribution in [0.15, 0.2) is 0 Å². The molecule has 0 fully saturated rings. The first-order valence-electron chi connectivity index (χ1n) is 4.80. The van der Waals surface area contributed by atoms with Crippen LogP contribution in [0.1, 0.15) is 13.8 Å². The van der Waals surface area contributed by atoms with Crippen molar-refractivity contribution in [1.29, 1.82) is 0 Å².